The first-order chi connectivity index (χ1) is 27.8. The van der Waals surface area contributed by atoms with Gasteiger partial charge in [-0.25, -0.2) is 0 Å². The second-order valence-electron chi connectivity index (χ2n) is 14.4. The number of fused-ring (bicyclic) bond motifs is 6. The van der Waals surface area contributed by atoms with Crippen LogP contribution in [0.4, 0.5) is 0 Å². The molecule has 0 aliphatic heterocycles. The van der Waals surface area contributed by atoms with Crippen molar-refractivity contribution < 1.29 is 0 Å². The fourth-order valence-electron chi connectivity index (χ4n) is 9.08. The molecule has 0 amide bonds. The second-order valence-corrected chi connectivity index (χ2v) is 14.4. The first-order valence-electron chi connectivity index (χ1n) is 19.8. The SMILES string of the molecule is CC.c1ccc(-c2c3ccccc3c(-c3ccc4cc(-c5c6ccccc6c(-c6cccc7ccccc67)c6ccccc56)ccc4c3)c3ccccc23)cc1. The van der Waals surface area contributed by atoms with Crippen molar-refractivity contribution in [3.8, 4) is 44.5 Å². The summed E-state index contributed by atoms with van der Waals surface area (Å²) in [7, 11) is 0. The van der Waals surface area contributed by atoms with Crippen molar-refractivity contribution in [2.45, 2.75) is 13.8 Å². The summed E-state index contributed by atoms with van der Waals surface area (Å²) in [5.74, 6) is 0. The summed E-state index contributed by atoms with van der Waals surface area (Å²) >= 11 is 0. The van der Waals surface area contributed by atoms with Gasteiger partial charge in [0.1, 0.15) is 0 Å². The van der Waals surface area contributed by atoms with Crippen molar-refractivity contribution in [2.24, 2.45) is 0 Å². The lowest BCUT2D eigenvalue weighted by Gasteiger charge is -2.19. The molecule has 11 aromatic rings. The van der Waals surface area contributed by atoms with E-state index < -0.39 is 0 Å². The van der Waals surface area contributed by atoms with Crippen molar-refractivity contribution in [2.75, 3.05) is 0 Å². The Hall–Kier alpha value is -7.02. The molecule has 0 fully saturated rings. The van der Waals surface area contributed by atoms with Crippen molar-refractivity contribution in [1.82, 2.24) is 0 Å². The molecular formula is C56H40. The quantitative estimate of drug-likeness (QED) is 0.159. The van der Waals surface area contributed by atoms with E-state index in [4.69, 9.17) is 0 Å². The van der Waals surface area contributed by atoms with Crippen molar-refractivity contribution in [3.05, 3.63) is 206 Å². The zero-order chi connectivity index (χ0) is 37.6. The summed E-state index contributed by atoms with van der Waals surface area (Å²) < 4.78 is 0. The van der Waals surface area contributed by atoms with Crippen molar-refractivity contribution in [1.29, 1.82) is 0 Å². The van der Waals surface area contributed by atoms with Crippen molar-refractivity contribution in [3.63, 3.8) is 0 Å². The van der Waals surface area contributed by atoms with E-state index in [0.717, 1.165) is 0 Å². The molecule has 0 saturated heterocycles. The molecule has 56 heavy (non-hydrogen) atoms. The van der Waals surface area contributed by atoms with E-state index in [1.165, 1.54) is 109 Å². The Labute approximate surface area is 327 Å². The van der Waals surface area contributed by atoms with Gasteiger partial charge in [-0.2, -0.15) is 0 Å². The molecule has 0 heteroatoms. The van der Waals surface area contributed by atoms with Gasteiger partial charge in [-0.3, -0.25) is 0 Å². The summed E-state index contributed by atoms with van der Waals surface area (Å²) in [5.41, 5.74) is 10.1. The predicted molar refractivity (Wildman–Crippen MR) is 245 cm³/mol. The molecule has 0 aliphatic rings. The molecule has 0 radical (unpaired) electrons. The Balaban J connectivity index is 0.00000189. The van der Waals surface area contributed by atoms with Crippen LogP contribution in [0.25, 0.3) is 109 Å². The van der Waals surface area contributed by atoms with Gasteiger partial charge in [-0.05, 0) is 121 Å². The Morgan fingerprint density at radius 1 is 0.214 bits per heavy atom. The molecule has 0 bridgehead atoms. The number of hydrogen-bond acceptors (Lipinski definition) is 0. The van der Waals surface area contributed by atoms with Crippen molar-refractivity contribution >= 4 is 64.6 Å². The Morgan fingerprint density at radius 3 is 1.00 bits per heavy atom. The standard InChI is InChI=1S/C54H34.C2H6/c1-2-16-36(17-3-1)51-43-20-6-8-22-45(43)52(46-23-9-7-21-44(46)51)39-31-29-38-34-40(32-30-37(38)33-39)53-47-24-10-12-26-49(47)54(50-27-13-11-25-48(50)53)42-28-14-18-35-15-4-5-19-41(35)42;1-2/h1-34H;1-2H3. The van der Waals surface area contributed by atoms with Gasteiger partial charge < -0.3 is 0 Å². The van der Waals surface area contributed by atoms with Gasteiger partial charge in [-0.15, -0.1) is 0 Å². The maximum Gasteiger partial charge on any atom is -0.00201 e. The van der Waals surface area contributed by atoms with Gasteiger partial charge in [-0.1, -0.05) is 208 Å². The van der Waals surface area contributed by atoms with Crippen LogP contribution in [0.15, 0.2) is 206 Å². The van der Waals surface area contributed by atoms with Crippen LogP contribution >= 0.6 is 0 Å². The van der Waals surface area contributed by atoms with E-state index in [0.29, 0.717) is 0 Å². The molecule has 0 nitrogen and oxygen atoms in total. The molecule has 0 heterocycles. The monoisotopic (exact) mass is 712 g/mol. The van der Waals surface area contributed by atoms with Gasteiger partial charge in [0.15, 0.2) is 0 Å². The predicted octanol–water partition coefficient (Wildman–Crippen LogP) is 16.3. The second kappa shape index (κ2) is 14.0. The molecule has 11 aromatic carbocycles. The zero-order valence-electron chi connectivity index (χ0n) is 31.6. The zero-order valence-corrected chi connectivity index (χ0v) is 31.6. The lowest BCUT2D eigenvalue weighted by atomic mass is 9.84. The molecule has 0 aliphatic carbocycles. The van der Waals surface area contributed by atoms with Crippen LogP contribution in [0, 0.1) is 0 Å². The Morgan fingerprint density at radius 2 is 0.554 bits per heavy atom. The third-order valence-electron chi connectivity index (χ3n) is 11.4. The topological polar surface area (TPSA) is 0 Å². The lowest BCUT2D eigenvalue weighted by molar-refractivity contribution is 1.50. The average molecular weight is 713 g/mol. The highest BCUT2D eigenvalue weighted by molar-refractivity contribution is 6.24. The van der Waals surface area contributed by atoms with E-state index in [9.17, 15) is 0 Å². The van der Waals surface area contributed by atoms with Crippen LogP contribution in [0.5, 0.6) is 0 Å². The summed E-state index contributed by atoms with van der Waals surface area (Å²) in [5, 5.41) is 15.2. The minimum Gasteiger partial charge on any atom is -0.0683 e. The van der Waals surface area contributed by atoms with Crippen LogP contribution in [-0.4, -0.2) is 0 Å². The summed E-state index contributed by atoms with van der Waals surface area (Å²) in [6, 6.07) is 76.0. The Kier molecular flexibility index (Phi) is 8.38. The van der Waals surface area contributed by atoms with E-state index in [1.807, 2.05) is 13.8 Å². The van der Waals surface area contributed by atoms with Crippen LogP contribution in [0.1, 0.15) is 13.8 Å². The first kappa shape index (κ1) is 33.5. The fourth-order valence-corrected chi connectivity index (χ4v) is 9.08. The molecule has 11 rings (SSSR count). The van der Waals surface area contributed by atoms with E-state index >= 15 is 0 Å². The molecule has 0 saturated carbocycles. The summed E-state index contributed by atoms with van der Waals surface area (Å²) in [6.45, 7) is 4.00. The highest BCUT2D eigenvalue weighted by Gasteiger charge is 2.19. The largest absolute Gasteiger partial charge is 0.0683 e. The number of benzene rings is 11. The molecular weight excluding hydrogens is 673 g/mol. The Bertz CT molecular complexity index is 3140. The molecule has 264 valence electrons. The lowest BCUT2D eigenvalue weighted by Crippen LogP contribution is -1.92. The average Bonchev–Trinajstić information content (AvgIpc) is 3.28. The fraction of sp³-hybridized carbons (Fsp3) is 0.0357. The van der Waals surface area contributed by atoms with Gasteiger partial charge in [0.25, 0.3) is 0 Å². The maximum atomic E-state index is 2.39. The summed E-state index contributed by atoms with van der Waals surface area (Å²) in [6.07, 6.45) is 0. The maximum absolute atomic E-state index is 2.39. The molecule has 0 spiro atoms. The minimum absolute atomic E-state index is 1.23. The summed E-state index contributed by atoms with van der Waals surface area (Å²) in [4.78, 5) is 0. The third kappa shape index (κ3) is 5.37. The van der Waals surface area contributed by atoms with E-state index in [1.54, 1.807) is 0 Å². The van der Waals surface area contributed by atoms with Gasteiger partial charge in [0.2, 0.25) is 0 Å². The molecule has 0 N–H and O–H groups in total. The minimum atomic E-state index is 1.23. The van der Waals surface area contributed by atoms with Gasteiger partial charge in [0, 0.05) is 0 Å². The van der Waals surface area contributed by atoms with Crippen LogP contribution in [0.3, 0.4) is 0 Å². The first-order valence-corrected chi connectivity index (χ1v) is 19.8. The number of rotatable bonds is 4. The highest BCUT2D eigenvalue weighted by Crippen LogP contribution is 2.47. The molecule has 0 unspecified atom stereocenters. The van der Waals surface area contributed by atoms with Crippen LogP contribution in [-0.2, 0) is 0 Å². The third-order valence-corrected chi connectivity index (χ3v) is 11.4. The van der Waals surface area contributed by atoms with Gasteiger partial charge >= 0.3 is 0 Å². The van der Waals surface area contributed by atoms with Gasteiger partial charge in [0.05, 0.1) is 0 Å². The smallest absolute Gasteiger partial charge is 0.00201 e. The molecule has 0 atom stereocenters. The van der Waals surface area contributed by atoms with E-state index in [-0.39, 0.29) is 0 Å². The highest BCUT2D eigenvalue weighted by atomic mass is 14.2. The van der Waals surface area contributed by atoms with Crippen LogP contribution < -0.4 is 0 Å². The van der Waals surface area contributed by atoms with E-state index in [2.05, 4.69) is 206 Å². The molecule has 0 aromatic heterocycles. The normalized spacial score (nSPS) is 11.4. The van der Waals surface area contributed by atoms with Crippen LogP contribution in [0.2, 0.25) is 0 Å². The number of hydrogen-bond donors (Lipinski definition) is 0.